The van der Waals surface area contributed by atoms with E-state index in [0.29, 0.717) is 6.42 Å². The summed E-state index contributed by atoms with van der Waals surface area (Å²) in [5, 5.41) is 0. The van der Waals surface area contributed by atoms with Crippen LogP contribution in [-0.2, 0) is 4.74 Å². The molecule has 2 rings (SSSR count). The second-order valence-electron chi connectivity index (χ2n) is 5.48. The maximum Gasteiger partial charge on any atom is 0.436 e. The number of ether oxygens (including phenoxy) is 3. The van der Waals surface area contributed by atoms with Crippen molar-refractivity contribution in [2.75, 3.05) is 6.61 Å². The summed E-state index contributed by atoms with van der Waals surface area (Å²) < 4.78 is 70.3. The molecule has 0 saturated carbocycles. The van der Waals surface area contributed by atoms with E-state index in [0.717, 1.165) is 30.5 Å². The van der Waals surface area contributed by atoms with Gasteiger partial charge in [-0.25, -0.2) is 0 Å². The van der Waals surface area contributed by atoms with Gasteiger partial charge in [-0.2, -0.15) is 17.6 Å². The second kappa shape index (κ2) is 7.77. The first-order valence-electron chi connectivity index (χ1n) is 7.90. The number of hydrogen-bond donors (Lipinski definition) is 0. The van der Waals surface area contributed by atoms with Crippen molar-refractivity contribution in [3.05, 3.63) is 35.6 Å². The standard InChI is InChI=1S/C17H20F4O3/c1-3-5-11-6-9-14(23-10-11)17(20,21)24-13-8-7-12(22-4-2)15(18)16(13)19/h7-8,10,14H,3-6,9H2,1-2H3. The van der Waals surface area contributed by atoms with Gasteiger partial charge in [-0.15, -0.1) is 0 Å². The molecule has 1 unspecified atom stereocenters. The minimum Gasteiger partial charge on any atom is -0.491 e. The van der Waals surface area contributed by atoms with Crippen molar-refractivity contribution in [3.8, 4) is 11.5 Å². The van der Waals surface area contributed by atoms with E-state index in [-0.39, 0.29) is 18.8 Å². The fourth-order valence-corrected chi connectivity index (χ4v) is 2.45. The Morgan fingerprint density at radius 2 is 1.83 bits per heavy atom. The maximum absolute atomic E-state index is 14.2. The lowest BCUT2D eigenvalue weighted by Gasteiger charge is -2.29. The lowest BCUT2D eigenvalue weighted by atomic mass is 10.0. The first-order valence-corrected chi connectivity index (χ1v) is 7.90. The van der Waals surface area contributed by atoms with Gasteiger partial charge < -0.3 is 14.2 Å². The smallest absolute Gasteiger partial charge is 0.436 e. The van der Waals surface area contributed by atoms with Crippen molar-refractivity contribution < 1.29 is 31.8 Å². The zero-order valence-corrected chi connectivity index (χ0v) is 13.6. The molecule has 1 atom stereocenters. The van der Waals surface area contributed by atoms with E-state index < -0.39 is 29.6 Å². The molecule has 0 fully saturated rings. The Hall–Kier alpha value is -1.92. The number of alkyl halides is 2. The Morgan fingerprint density at radius 1 is 1.17 bits per heavy atom. The fraction of sp³-hybridized carbons (Fsp3) is 0.529. The molecule has 3 nitrogen and oxygen atoms in total. The molecule has 0 aromatic heterocycles. The summed E-state index contributed by atoms with van der Waals surface area (Å²) in [4.78, 5) is 0. The fourth-order valence-electron chi connectivity index (χ4n) is 2.45. The maximum atomic E-state index is 14.2. The van der Waals surface area contributed by atoms with Crippen molar-refractivity contribution in [2.24, 2.45) is 0 Å². The molecule has 1 aliphatic rings. The summed E-state index contributed by atoms with van der Waals surface area (Å²) in [6.45, 7) is 3.69. The van der Waals surface area contributed by atoms with Gasteiger partial charge in [-0.1, -0.05) is 13.3 Å². The topological polar surface area (TPSA) is 27.7 Å². The monoisotopic (exact) mass is 348 g/mol. The number of benzene rings is 1. The summed E-state index contributed by atoms with van der Waals surface area (Å²) in [5.41, 5.74) is 0.947. The van der Waals surface area contributed by atoms with Crippen LogP contribution in [0.1, 0.15) is 39.5 Å². The van der Waals surface area contributed by atoms with E-state index in [2.05, 4.69) is 4.74 Å². The van der Waals surface area contributed by atoms with Gasteiger partial charge in [0.25, 0.3) is 0 Å². The van der Waals surface area contributed by atoms with Crippen LogP contribution in [-0.4, -0.2) is 18.8 Å². The van der Waals surface area contributed by atoms with E-state index >= 15 is 0 Å². The van der Waals surface area contributed by atoms with Gasteiger partial charge in [0, 0.05) is 0 Å². The van der Waals surface area contributed by atoms with Crippen molar-refractivity contribution in [1.82, 2.24) is 0 Å². The van der Waals surface area contributed by atoms with E-state index in [1.807, 2.05) is 6.92 Å². The third-order valence-corrected chi connectivity index (χ3v) is 3.63. The zero-order valence-electron chi connectivity index (χ0n) is 13.6. The highest BCUT2D eigenvalue weighted by molar-refractivity contribution is 5.35. The largest absolute Gasteiger partial charge is 0.491 e. The molecule has 0 spiro atoms. The van der Waals surface area contributed by atoms with Crippen LogP contribution in [0, 0.1) is 11.6 Å². The van der Waals surface area contributed by atoms with Crippen LogP contribution in [0.25, 0.3) is 0 Å². The van der Waals surface area contributed by atoms with E-state index in [9.17, 15) is 17.6 Å². The molecule has 1 heterocycles. The molecule has 0 N–H and O–H groups in total. The Labute approximate surface area is 138 Å². The Kier molecular flexibility index (Phi) is 5.96. The highest BCUT2D eigenvalue weighted by Gasteiger charge is 2.45. The second-order valence-corrected chi connectivity index (χ2v) is 5.48. The Bertz CT molecular complexity index is 602. The molecular formula is C17H20F4O3. The SMILES string of the molecule is CCCC1=COC(C(F)(F)Oc2ccc(OCC)c(F)c2F)CC1. The predicted molar refractivity (Wildman–Crippen MR) is 80.2 cm³/mol. The zero-order chi connectivity index (χ0) is 17.7. The van der Waals surface area contributed by atoms with Crippen molar-refractivity contribution in [2.45, 2.75) is 51.7 Å². The van der Waals surface area contributed by atoms with Crippen molar-refractivity contribution in [1.29, 1.82) is 0 Å². The highest BCUT2D eigenvalue weighted by atomic mass is 19.3. The van der Waals surface area contributed by atoms with Crippen LogP contribution in [0.4, 0.5) is 17.6 Å². The molecule has 24 heavy (non-hydrogen) atoms. The van der Waals surface area contributed by atoms with Crippen molar-refractivity contribution in [3.63, 3.8) is 0 Å². The molecule has 0 saturated heterocycles. The molecule has 0 aliphatic carbocycles. The van der Waals surface area contributed by atoms with Gasteiger partial charge in [-0.3, -0.25) is 0 Å². The van der Waals surface area contributed by atoms with Gasteiger partial charge in [-0.05, 0) is 43.9 Å². The molecule has 1 aromatic rings. The predicted octanol–water partition coefficient (Wildman–Crippen LogP) is 5.20. The van der Waals surface area contributed by atoms with Crippen LogP contribution in [0.15, 0.2) is 24.0 Å². The molecular weight excluding hydrogens is 328 g/mol. The van der Waals surface area contributed by atoms with E-state index in [1.54, 1.807) is 6.92 Å². The summed E-state index contributed by atoms with van der Waals surface area (Å²) in [5.74, 6) is -4.11. The Balaban J connectivity index is 2.11. The highest BCUT2D eigenvalue weighted by Crippen LogP contribution is 2.36. The van der Waals surface area contributed by atoms with Crippen LogP contribution in [0.2, 0.25) is 0 Å². The molecule has 0 bridgehead atoms. The minimum absolute atomic E-state index is 0.0416. The third kappa shape index (κ3) is 4.13. The first-order chi connectivity index (χ1) is 11.4. The summed E-state index contributed by atoms with van der Waals surface area (Å²) in [6, 6.07) is 1.97. The van der Waals surface area contributed by atoms with Gasteiger partial charge in [0.1, 0.15) is 0 Å². The average molecular weight is 348 g/mol. The normalized spacial score (nSPS) is 17.9. The molecule has 1 aliphatic heterocycles. The Morgan fingerprint density at radius 3 is 2.42 bits per heavy atom. The van der Waals surface area contributed by atoms with E-state index in [4.69, 9.17) is 9.47 Å². The number of rotatable bonds is 7. The molecule has 1 aromatic carbocycles. The van der Waals surface area contributed by atoms with Gasteiger partial charge in [0.2, 0.25) is 17.7 Å². The van der Waals surface area contributed by atoms with Gasteiger partial charge in [0.05, 0.1) is 12.9 Å². The molecule has 134 valence electrons. The van der Waals surface area contributed by atoms with Crippen molar-refractivity contribution >= 4 is 0 Å². The van der Waals surface area contributed by atoms with Crippen LogP contribution >= 0.6 is 0 Å². The van der Waals surface area contributed by atoms with Gasteiger partial charge in [0.15, 0.2) is 11.5 Å². The summed E-state index contributed by atoms with van der Waals surface area (Å²) in [6.07, 6.45) is -1.86. The lowest BCUT2D eigenvalue weighted by molar-refractivity contribution is -0.245. The molecule has 0 radical (unpaired) electrons. The molecule has 0 amide bonds. The summed E-state index contributed by atoms with van der Waals surface area (Å²) >= 11 is 0. The number of allylic oxidation sites excluding steroid dienone is 1. The quantitative estimate of drug-likeness (QED) is 0.634. The number of hydrogen-bond acceptors (Lipinski definition) is 3. The molecule has 7 heteroatoms. The lowest BCUT2D eigenvalue weighted by Crippen LogP contribution is -2.41. The van der Waals surface area contributed by atoms with Crippen LogP contribution in [0.5, 0.6) is 11.5 Å². The first kappa shape index (κ1) is 18.4. The van der Waals surface area contributed by atoms with Gasteiger partial charge >= 0.3 is 6.11 Å². The summed E-state index contributed by atoms with van der Waals surface area (Å²) in [7, 11) is 0. The van der Waals surface area contributed by atoms with E-state index in [1.165, 1.54) is 6.26 Å². The minimum atomic E-state index is -3.78. The third-order valence-electron chi connectivity index (χ3n) is 3.63. The van der Waals surface area contributed by atoms with Crippen LogP contribution < -0.4 is 9.47 Å². The number of halogens is 4. The average Bonchev–Trinajstić information content (AvgIpc) is 2.55. The van der Waals surface area contributed by atoms with Crippen LogP contribution in [0.3, 0.4) is 0 Å².